The zero-order chi connectivity index (χ0) is 8.55. The molecule has 4 heteroatoms. The minimum Gasteiger partial charge on any atom is -0.426 e. The third-order valence-corrected chi connectivity index (χ3v) is 1.66. The maximum Gasteiger partial charge on any atom is 0.179 e. The Balaban J connectivity index is 3.01. The van der Waals surface area contributed by atoms with E-state index in [1.165, 1.54) is 6.20 Å². The second-order valence-electron chi connectivity index (χ2n) is 2.44. The molecule has 0 amide bonds. The van der Waals surface area contributed by atoms with Crippen LogP contribution in [0, 0.1) is 5.41 Å². The van der Waals surface area contributed by atoms with Crippen molar-refractivity contribution >= 4 is 11.0 Å². The highest BCUT2D eigenvalue weighted by Crippen LogP contribution is 2.05. The van der Waals surface area contributed by atoms with Gasteiger partial charge < -0.3 is 5.21 Å². The first kappa shape index (κ1) is 6.84. The highest BCUT2D eigenvalue weighted by Gasteiger charge is 1.97. The Hall–Kier alpha value is -1.84. The third-order valence-electron chi connectivity index (χ3n) is 1.66. The molecule has 0 saturated carbocycles. The Morgan fingerprint density at radius 2 is 2.08 bits per heavy atom. The van der Waals surface area contributed by atoms with Crippen molar-refractivity contribution in [1.82, 2.24) is 9.71 Å². The van der Waals surface area contributed by atoms with Gasteiger partial charge in [0.2, 0.25) is 0 Å². The molecule has 2 rings (SSSR count). The van der Waals surface area contributed by atoms with Crippen molar-refractivity contribution < 1.29 is 5.21 Å². The molecular formula is C8H7N3O. The second-order valence-corrected chi connectivity index (χ2v) is 2.44. The first-order valence-corrected chi connectivity index (χ1v) is 3.50. The van der Waals surface area contributed by atoms with E-state index >= 15 is 0 Å². The molecule has 0 radical (unpaired) electrons. The van der Waals surface area contributed by atoms with E-state index in [-0.39, 0.29) is 5.49 Å². The molecule has 0 fully saturated rings. The van der Waals surface area contributed by atoms with Gasteiger partial charge in [0, 0.05) is 0 Å². The standard InChI is InChI=1S/C8H7N3O/c9-8-5-10-6-3-1-2-4-7(6)11(8)12/h1-5,9,12H. The quantitative estimate of drug-likeness (QED) is 0.560. The largest absolute Gasteiger partial charge is 0.426 e. The van der Waals surface area contributed by atoms with E-state index in [0.29, 0.717) is 11.0 Å². The fraction of sp³-hybridized carbons (Fsp3) is 0. The van der Waals surface area contributed by atoms with Crippen molar-refractivity contribution in [3.8, 4) is 0 Å². The highest BCUT2D eigenvalue weighted by atomic mass is 16.5. The number of rotatable bonds is 0. The Kier molecular flexibility index (Phi) is 1.33. The lowest BCUT2D eigenvalue weighted by atomic mass is 10.3. The molecule has 0 bridgehead atoms. The minimum atomic E-state index is -0.0197. The number of nitrogens with one attached hydrogen (secondary N) is 1. The Morgan fingerprint density at radius 1 is 1.33 bits per heavy atom. The second kappa shape index (κ2) is 2.34. The number of para-hydroxylation sites is 2. The maximum atomic E-state index is 9.35. The zero-order valence-corrected chi connectivity index (χ0v) is 6.23. The average molecular weight is 161 g/mol. The molecule has 60 valence electrons. The van der Waals surface area contributed by atoms with Crippen LogP contribution >= 0.6 is 0 Å². The number of hydrogen-bond donors (Lipinski definition) is 2. The van der Waals surface area contributed by atoms with Crippen molar-refractivity contribution in [1.29, 1.82) is 5.41 Å². The number of benzene rings is 1. The monoisotopic (exact) mass is 161 g/mol. The van der Waals surface area contributed by atoms with Gasteiger partial charge in [-0.2, -0.15) is 4.73 Å². The van der Waals surface area contributed by atoms with Gasteiger partial charge in [-0.25, -0.2) is 0 Å². The predicted molar refractivity (Wildman–Crippen MR) is 42.8 cm³/mol. The average Bonchev–Trinajstić information content (AvgIpc) is 2.12. The molecule has 0 aliphatic rings. The van der Waals surface area contributed by atoms with E-state index < -0.39 is 0 Å². The van der Waals surface area contributed by atoms with Crippen molar-refractivity contribution in [2.45, 2.75) is 0 Å². The third kappa shape index (κ3) is 0.852. The molecule has 2 N–H and O–H groups in total. The van der Waals surface area contributed by atoms with Crippen LogP contribution in [-0.2, 0) is 0 Å². The highest BCUT2D eigenvalue weighted by molar-refractivity contribution is 5.73. The van der Waals surface area contributed by atoms with E-state index in [0.717, 1.165) is 4.73 Å². The summed E-state index contributed by atoms with van der Waals surface area (Å²) < 4.78 is 0.808. The number of aromatic nitrogens is 2. The summed E-state index contributed by atoms with van der Waals surface area (Å²) in [7, 11) is 0. The predicted octanol–water partition coefficient (Wildman–Crippen LogP) is 0.753. The summed E-state index contributed by atoms with van der Waals surface area (Å²) in [6.07, 6.45) is 1.31. The number of hydrogen-bond acceptors (Lipinski definition) is 3. The molecule has 4 nitrogen and oxygen atoms in total. The lowest BCUT2D eigenvalue weighted by Crippen LogP contribution is -2.17. The van der Waals surface area contributed by atoms with Crippen LogP contribution in [0.1, 0.15) is 0 Å². The van der Waals surface area contributed by atoms with Crippen LogP contribution in [0.25, 0.3) is 11.0 Å². The Bertz CT molecular complexity index is 475. The zero-order valence-electron chi connectivity index (χ0n) is 6.23. The van der Waals surface area contributed by atoms with Gasteiger partial charge in [-0.1, -0.05) is 12.1 Å². The molecule has 1 heterocycles. The van der Waals surface area contributed by atoms with Gasteiger partial charge in [0.15, 0.2) is 5.49 Å². The van der Waals surface area contributed by atoms with Gasteiger partial charge in [0.05, 0.1) is 11.7 Å². The van der Waals surface area contributed by atoms with Crippen LogP contribution in [0.3, 0.4) is 0 Å². The van der Waals surface area contributed by atoms with E-state index in [2.05, 4.69) is 4.98 Å². The molecule has 0 spiro atoms. The van der Waals surface area contributed by atoms with E-state index in [1.54, 1.807) is 18.2 Å². The summed E-state index contributed by atoms with van der Waals surface area (Å²) in [5.41, 5.74) is 1.20. The lowest BCUT2D eigenvalue weighted by Gasteiger charge is -2.01. The Labute approximate surface area is 68.2 Å². The van der Waals surface area contributed by atoms with Gasteiger partial charge in [-0.3, -0.25) is 10.4 Å². The summed E-state index contributed by atoms with van der Waals surface area (Å²) in [4.78, 5) is 3.97. The van der Waals surface area contributed by atoms with Gasteiger partial charge in [-0.15, -0.1) is 0 Å². The summed E-state index contributed by atoms with van der Waals surface area (Å²) in [6, 6.07) is 7.11. The maximum absolute atomic E-state index is 9.35. The topological polar surface area (TPSA) is 61.9 Å². The van der Waals surface area contributed by atoms with Crippen LogP contribution in [0.2, 0.25) is 0 Å². The molecule has 12 heavy (non-hydrogen) atoms. The molecule has 0 atom stereocenters. The van der Waals surface area contributed by atoms with Gasteiger partial charge in [-0.05, 0) is 12.1 Å². The van der Waals surface area contributed by atoms with Crippen LogP contribution in [0.15, 0.2) is 30.5 Å². The van der Waals surface area contributed by atoms with Gasteiger partial charge in [0.1, 0.15) is 5.52 Å². The van der Waals surface area contributed by atoms with E-state index in [1.807, 2.05) is 6.07 Å². The molecule has 1 aromatic heterocycles. The fourth-order valence-corrected chi connectivity index (χ4v) is 1.07. The summed E-state index contributed by atoms with van der Waals surface area (Å²) >= 11 is 0. The van der Waals surface area contributed by atoms with Crippen LogP contribution in [0.4, 0.5) is 0 Å². The van der Waals surface area contributed by atoms with Crippen molar-refractivity contribution in [3.05, 3.63) is 36.0 Å². The number of nitrogens with zero attached hydrogens (tertiary/aromatic N) is 2. The smallest absolute Gasteiger partial charge is 0.179 e. The molecule has 0 saturated heterocycles. The molecular weight excluding hydrogens is 154 g/mol. The van der Waals surface area contributed by atoms with E-state index in [4.69, 9.17) is 5.41 Å². The lowest BCUT2D eigenvalue weighted by molar-refractivity contribution is 0.183. The molecule has 2 aromatic rings. The SMILES string of the molecule is N=c1cnc2ccccc2n1O. The first-order valence-electron chi connectivity index (χ1n) is 3.50. The van der Waals surface area contributed by atoms with Crippen LogP contribution < -0.4 is 5.49 Å². The minimum absolute atomic E-state index is 0.0197. The van der Waals surface area contributed by atoms with Crippen molar-refractivity contribution in [2.24, 2.45) is 0 Å². The van der Waals surface area contributed by atoms with Gasteiger partial charge in [0.25, 0.3) is 0 Å². The van der Waals surface area contributed by atoms with Crippen molar-refractivity contribution in [3.63, 3.8) is 0 Å². The van der Waals surface area contributed by atoms with E-state index in [9.17, 15) is 5.21 Å². The molecule has 0 unspecified atom stereocenters. The molecule has 1 aromatic carbocycles. The summed E-state index contributed by atoms with van der Waals surface area (Å²) in [6.45, 7) is 0. The van der Waals surface area contributed by atoms with Crippen LogP contribution in [0.5, 0.6) is 0 Å². The fourth-order valence-electron chi connectivity index (χ4n) is 1.07. The molecule has 0 aliphatic heterocycles. The summed E-state index contributed by atoms with van der Waals surface area (Å²) in [5.74, 6) is 0. The van der Waals surface area contributed by atoms with Crippen LogP contribution in [-0.4, -0.2) is 14.9 Å². The summed E-state index contributed by atoms with van der Waals surface area (Å²) in [5, 5.41) is 16.6. The molecule has 0 aliphatic carbocycles. The van der Waals surface area contributed by atoms with Gasteiger partial charge >= 0.3 is 0 Å². The Morgan fingerprint density at radius 3 is 2.92 bits per heavy atom. The first-order chi connectivity index (χ1) is 5.79. The normalized spacial score (nSPS) is 10.3. The number of fused-ring (bicyclic) bond motifs is 1. The van der Waals surface area contributed by atoms with Crippen molar-refractivity contribution in [2.75, 3.05) is 0 Å².